The van der Waals surface area contributed by atoms with Crippen LogP contribution in [0.5, 0.6) is 0 Å². The summed E-state index contributed by atoms with van der Waals surface area (Å²) in [5, 5.41) is 19.2. The van der Waals surface area contributed by atoms with Crippen molar-refractivity contribution in [3.8, 4) is 0 Å². The van der Waals surface area contributed by atoms with Crippen molar-refractivity contribution < 1.29 is 19.7 Å². The van der Waals surface area contributed by atoms with Crippen LogP contribution in [0.15, 0.2) is 30.3 Å². The third-order valence-electron chi connectivity index (χ3n) is 3.30. The van der Waals surface area contributed by atoms with Crippen molar-refractivity contribution in [2.75, 3.05) is 40.1 Å². The van der Waals surface area contributed by atoms with E-state index in [1.165, 1.54) is 0 Å². The molecule has 0 bridgehead atoms. The van der Waals surface area contributed by atoms with E-state index >= 15 is 0 Å². The molecule has 0 spiro atoms. The summed E-state index contributed by atoms with van der Waals surface area (Å²) in [5.74, 6) is 0. The topological polar surface area (TPSA) is 58.9 Å². The third kappa shape index (κ3) is 5.70. The van der Waals surface area contributed by atoms with Crippen LogP contribution in [-0.4, -0.2) is 50.4 Å². The SMILES string of the molecule is COCCOCCC(CO)(CO)Cc1ccccc1. The minimum atomic E-state index is -0.519. The second-order valence-corrected chi connectivity index (χ2v) is 4.83. The van der Waals surface area contributed by atoms with Crippen LogP contribution in [0.3, 0.4) is 0 Å². The number of benzene rings is 1. The molecule has 4 heteroatoms. The van der Waals surface area contributed by atoms with Crippen LogP contribution in [0.2, 0.25) is 0 Å². The number of ether oxygens (including phenoxy) is 2. The molecule has 0 saturated carbocycles. The molecule has 0 saturated heterocycles. The first-order valence-electron chi connectivity index (χ1n) is 6.59. The minimum Gasteiger partial charge on any atom is -0.396 e. The van der Waals surface area contributed by atoms with Gasteiger partial charge in [-0.05, 0) is 18.4 Å². The standard InChI is InChI=1S/C15H24O4/c1-18-9-10-19-8-7-15(12-16,13-17)11-14-5-3-2-4-6-14/h2-6,16-17H,7-13H2,1H3. The molecule has 1 aromatic rings. The molecule has 0 aromatic heterocycles. The van der Waals surface area contributed by atoms with E-state index in [0.717, 1.165) is 5.56 Å². The van der Waals surface area contributed by atoms with Crippen molar-refractivity contribution in [1.29, 1.82) is 0 Å². The van der Waals surface area contributed by atoms with Gasteiger partial charge in [0.15, 0.2) is 0 Å². The van der Waals surface area contributed by atoms with E-state index in [1.807, 2.05) is 30.3 Å². The van der Waals surface area contributed by atoms with E-state index < -0.39 is 5.41 Å². The number of rotatable bonds is 10. The zero-order valence-corrected chi connectivity index (χ0v) is 11.5. The van der Waals surface area contributed by atoms with Gasteiger partial charge >= 0.3 is 0 Å². The van der Waals surface area contributed by atoms with E-state index in [9.17, 15) is 10.2 Å². The Morgan fingerprint density at radius 2 is 1.68 bits per heavy atom. The normalized spacial score (nSPS) is 11.7. The van der Waals surface area contributed by atoms with Gasteiger partial charge in [-0.2, -0.15) is 0 Å². The first kappa shape index (κ1) is 16.1. The van der Waals surface area contributed by atoms with Crippen LogP contribution in [0.4, 0.5) is 0 Å². The molecule has 19 heavy (non-hydrogen) atoms. The molecule has 1 rings (SSSR count). The monoisotopic (exact) mass is 268 g/mol. The Kier molecular flexibility index (Phi) is 7.67. The summed E-state index contributed by atoms with van der Waals surface area (Å²) in [6.07, 6.45) is 1.27. The molecule has 0 fully saturated rings. The highest BCUT2D eigenvalue weighted by Crippen LogP contribution is 2.26. The summed E-state index contributed by atoms with van der Waals surface area (Å²) < 4.78 is 10.3. The maximum atomic E-state index is 9.60. The maximum absolute atomic E-state index is 9.60. The van der Waals surface area contributed by atoms with Gasteiger partial charge in [-0.3, -0.25) is 0 Å². The van der Waals surface area contributed by atoms with Gasteiger partial charge in [-0.1, -0.05) is 30.3 Å². The molecule has 0 unspecified atom stereocenters. The molecule has 0 aliphatic heterocycles. The predicted molar refractivity (Wildman–Crippen MR) is 74.1 cm³/mol. The Balaban J connectivity index is 2.49. The molecule has 0 atom stereocenters. The van der Waals surface area contributed by atoms with Crippen LogP contribution in [0, 0.1) is 5.41 Å². The molecule has 0 amide bonds. The number of aliphatic hydroxyl groups is 2. The Morgan fingerprint density at radius 3 is 2.26 bits per heavy atom. The highest BCUT2D eigenvalue weighted by atomic mass is 16.5. The summed E-state index contributed by atoms with van der Waals surface area (Å²) in [5.41, 5.74) is 0.594. The molecule has 0 aliphatic carbocycles. The number of methoxy groups -OCH3 is 1. The van der Waals surface area contributed by atoms with Crippen molar-refractivity contribution in [2.45, 2.75) is 12.8 Å². The molecule has 1 aromatic carbocycles. The molecule has 2 N–H and O–H groups in total. The van der Waals surface area contributed by atoms with Crippen LogP contribution in [0.25, 0.3) is 0 Å². The lowest BCUT2D eigenvalue weighted by Crippen LogP contribution is -2.34. The van der Waals surface area contributed by atoms with Crippen molar-refractivity contribution in [3.05, 3.63) is 35.9 Å². The van der Waals surface area contributed by atoms with Crippen molar-refractivity contribution in [1.82, 2.24) is 0 Å². The molecule has 0 heterocycles. The molecular weight excluding hydrogens is 244 g/mol. The Labute approximate surface area is 115 Å². The van der Waals surface area contributed by atoms with E-state index in [2.05, 4.69) is 0 Å². The minimum absolute atomic E-state index is 0.0496. The second-order valence-electron chi connectivity index (χ2n) is 4.83. The second kappa shape index (κ2) is 9.04. The third-order valence-corrected chi connectivity index (χ3v) is 3.30. The fourth-order valence-corrected chi connectivity index (χ4v) is 1.97. The van der Waals surface area contributed by atoms with Gasteiger partial charge in [0.25, 0.3) is 0 Å². The van der Waals surface area contributed by atoms with E-state index in [-0.39, 0.29) is 13.2 Å². The van der Waals surface area contributed by atoms with E-state index in [0.29, 0.717) is 32.7 Å². The maximum Gasteiger partial charge on any atom is 0.0700 e. The molecule has 0 radical (unpaired) electrons. The molecular formula is C15H24O4. The van der Waals surface area contributed by atoms with Gasteiger partial charge in [0.2, 0.25) is 0 Å². The number of aliphatic hydroxyl groups excluding tert-OH is 2. The predicted octanol–water partition coefficient (Wildman–Crippen LogP) is 1.25. The largest absolute Gasteiger partial charge is 0.396 e. The average Bonchev–Trinajstić information content (AvgIpc) is 2.47. The highest BCUT2D eigenvalue weighted by Gasteiger charge is 2.28. The van der Waals surface area contributed by atoms with Gasteiger partial charge in [0, 0.05) is 19.1 Å². The Bertz CT molecular complexity index is 322. The first-order valence-corrected chi connectivity index (χ1v) is 6.59. The van der Waals surface area contributed by atoms with Gasteiger partial charge in [0.05, 0.1) is 26.4 Å². The van der Waals surface area contributed by atoms with Crippen LogP contribution >= 0.6 is 0 Å². The number of hydrogen-bond acceptors (Lipinski definition) is 4. The quantitative estimate of drug-likeness (QED) is 0.627. The van der Waals surface area contributed by atoms with E-state index in [4.69, 9.17) is 9.47 Å². The summed E-state index contributed by atoms with van der Waals surface area (Å²) in [4.78, 5) is 0. The summed E-state index contributed by atoms with van der Waals surface area (Å²) >= 11 is 0. The van der Waals surface area contributed by atoms with E-state index in [1.54, 1.807) is 7.11 Å². The fourth-order valence-electron chi connectivity index (χ4n) is 1.97. The lowest BCUT2D eigenvalue weighted by atomic mass is 9.80. The van der Waals surface area contributed by atoms with Crippen LogP contribution < -0.4 is 0 Å². The van der Waals surface area contributed by atoms with Gasteiger partial charge in [-0.25, -0.2) is 0 Å². The van der Waals surface area contributed by atoms with Crippen molar-refractivity contribution in [3.63, 3.8) is 0 Å². The van der Waals surface area contributed by atoms with Crippen LogP contribution in [-0.2, 0) is 15.9 Å². The summed E-state index contributed by atoms with van der Waals surface area (Å²) in [7, 11) is 1.63. The highest BCUT2D eigenvalue weighted by molar-refractivity contribution is 5.16. The molecule has 4 nitrogen and oxygen atoms in total. The summed E-state index contributed by atoms with van der Waals surface area (Å²) in [6.45, 7) is 1.51. The van der Waals surface area contributed by atoms with Gasteiger partial charge < -0.3 is 19.7 Å². The Morgan fingerprint density at radius 1 is 1.00 bits per heavy atom. The smallest absolute Gasteiger partial charge is 0.0700 e. The molecule has 0 aliphatic rings. The Hall–Kier alpha value is -0.940. The fraction of sp³-hybridized carbons (Fsp3) is 0.600. The van der Waals surface area contributed by atoms with Crippen LogP contribution in [0.1, 0.15) is 12.0 Å². The zero-order chi connectivity index (χ0) is 14.0. The van der Waals surface area contributed by atoms with Gasteiger partial charge in [0.1, 0.15) is 0 Å². The molecule has 108 valence electrons. The average molecular weight is 268 g/mol. The summed E-state index contributed by atoms with van der Waals surface area (Å²) in [6, 6.07) is 9.89. The first-order chi connectivity index (χ1) is 9.26. The lowest BCUT2D eigenvalue weighted by Gasteiger charge is -2.30. The van der Waals surface area contributed by atoms with Gasteiger partial charge in [-0.15, -0.1) is 0 Å². The lowest BCUT2D eigenvalue weighted by molar-refractivity contribution is 0.00584. The van der Waals surface area contributed by atoms with Crippen molar-refractivity contribution >= 4 is 0 Å². The zero-order valence-electron chi connectivity index (χ0n) is 11.5. The number of hydrogen-bond donors (Lipinski definition) is 2. The van der Waals surface area contributed by atoms with Crippen molar-refractivity contribution in [2.24, 2.45) is 5.41 Å².